The predicted octanol–water partition coefficient (Wildman–Crippen LogP) is 4.85. The molecule has 0 amide bonds. The summed E-state index contributed by atoms with van der Waals surface area (Å²) in [6.07, 6.45) is 8.59. The molecule has 1 saturated carbocycles. The van der Waals surface area contributed by atoms with Crippen molar-refractivity contribution in [2.75, 3.05) is 31.1 Å². The molecule has 1 aliphatic heterocycles. The Balaban J connectivity index is 1.53. The summed E-state index contributed by atoms with van der Waals surface area (Å²) in [6, 6.07) is 4.78. The highest BCUT2D eigenvalue weighted by Crippen LogP contribution is 2.45. The summed E-state index contributed by atoms with van der Waals surface area (Å²) in [5, 5.41) is 0.712. The van der Waals surface area contributed by atoms with Gasteiger partial charge in [-0.25, -0.2) is 4.98 Å². The van der Waals surface area contributed by atoms with Gasteiger partial charge >= 0.3 is 0 Å². The van der Waals surface area contributed by atoms with Crippen LogP contribution in [0.3, 0.4) is 0 Å². The van der Waals surface area contributed by atoms with Gasteiger partial charge in [-0.05, 0) is 42.7 Å². The van der Waals surface area contributed by atoms with Crippen molar-refractivity contribution in [1.82, 2.24) is 9.88 Å². The second-order valence-corrected chi connectivity index (χ2v) is 8.32. The lowest BCUT2D eigenvalue weighted by Crippen LogP contribution is -2.50. The average molecular weight is 350 g/mol. The number of halogens is 1. The van der Waals surface area contributed by atoms with Gasteiger partial charge < -0.3 is 4.90 Å². The number of piperazine rings is 1. The van der Waals surface area contributed by atoms with Crippen LogP contribution in [0.15, 0.2) is 18.3 Å². The summed E-state index contributed by atoms with van der Waals surface area (Å²) in [6.45, 7) is 11.7. The van der Waals surface area contributed by atoms with Crippen molar-refractivity contribution in [3.63, 3.8) is 0 Å². The van der Waals surface area contributed by atoms with Crippen molar-refractivity contribution in [3.8, 4) is 0 Å². The van der Waals surface area contributed by atoms with E-state index in [1.165, 1.54) is 32.1 Å². The molecule has 0 spiro atoms. The summed E-state index contributed by atoms with van der Waals surface area (Å²) < 4.78 is 0. The molecule has 0 radical (unpaired) electrons. The van der Waals surface area contributed by atoms with Gasteiger partial charge in [0.1, 0.15) is 5.82 Å². The summed E-state index contributed by atoms with van der Waals surface area (Å²) in [5.74, 6) is 1.97. The first-order chi connectivity index (χ1) is 11.6. The number of pyridine rings is 1. The third kappa shape index (κ3) is 3.72. The van der Waals surface area contributed by atoms with Gasteiger partial charge in [0.15, 0.2) is 0 Å². The monoisotopic (exact) mass is 349 g/mol. The maximum absolute atomic E-state index is 5.94. The average Bonchev–Trinajstić information content (AvgIpc) is 3.13. The smallest absolute Gasteiger partial charge is 0.128 e. The lowest BCUT2D eigenvalue weighted by molar-refractivity contribution is 0.142. The van der Waals surface area contributed by atoms with Gasteiger partial charge in [0, 0.05) is 38.4 Å². The zero-order valence-electron chi connectivity index (χ0n) is 15.5. The molecule has 1 unspecified atom stereocenters. The minimum Gasteiger partial charge on any atom is -0.354 e. The Bertz CT molecular complexity index is 518. The molecule has 1 aromatic rings. The third-order valence-corrected chi connectivity index (χ3v) is 7.10. The predicted molar refractivity (Wildman–Crippen MR) is 103 cm³/mol. The van der Waals surface area contributed by atoms with Crippen LogP contribution >= 0.6 is 11.6 Å². The summed E-state index contributed by atoms with van der Waals surface area (Å²) in [4.78, 5) is 9.59. The first-order valence-corrected chi connectivity index (χ1v) is 10.0. The molecule has 0 N–H and O–H groups in total. The molecule has 134 valence electrons. The van der Waals surface area contributed by atoms with Crippen molar-refractivity contribution in [2.24, 2.45) is 11.3 Å². The Morgan fingerprint density at radius 3 is 2.42 bits per heavy atom. The fraction of sp³-hybridized carbons (Fsp3) is 0.750. The first-order valence-electron chi connectivity index (χ1n) is 9.66. The Morgan fingerprint density at radius 1 is 1.12 bits per heavy atom. The van der Waals surface area contributed by atoms with E-state index in [0.717, 1.165) is 44.0 Å². The Hall–Kier alpha value is -0.800. The largest absolute Gasteiger partial charge is 0.354 e. The summed E-state index contributed by atoms with van der Waals surface area (Å²) >= 11 is 5.94. The zero-order chi connectivity index (χ0) is 17.2. The van der Waals surface area contributed by atoms with E-state index >= 15 is 0 Å². The maximum atomic E-state index is 5.94. The van der Waals surface area contributed by atoms with Crippen LogP contribution in [-0.4, -0.2) is 42.1 Å². The second kappa shape index (κ2) is 7.61. The molecule has 4 heteroatoms. The van der Waals surface area contributed by atoms with E-state index in [1.54, 1.807) is 6.20 Å². The quantitative estimate of drug-likeness (QED) is 0.757. The molecular weight excluding hydrogens is 318 g/mol. The molecule has 1 aromatic heterocycles. The molecule has 0 aromatic carbocycles. The van der Waals surface area contributed by atoms with Crippen molar-refractivity contribution in [3.05, 3.63) is 23.4 Å². The van der Waals surface area contributed by atoms with Crippen LogP contribution in [0.25, 0.3) is 0 Å². The normalized spacial score (nSPS) is 26.1. The molecule has 3 nitrogen and oxygen atoms in total. The van der Waals surface area contributed by atoms with Crippen LogP contribution in [0.5, 0.6) is 0 Å². The highest BCUT2D eigenvalue weighted by Gasteiger charge is 2.39. The van der Waals surface area contributed by atoms with Crippen LogP contribution < -0.4 is 4.90 Å². The summed E-state index contributed by atoms with van der Waals surface area (Å²) in [5.41, 5.74) is 0.545. The van der Waals surface area contributed by atoms with Crippen LogP contribution in [0.2, 0.25) is 5.02 Å². The van der Waals surface area contributed by atoms with Gasteiger partial charge in [0.2, 0.25) is 0 Å². The van der Waals surface area contributed by atoms with E-state index in [2.05, 4.69) is 35.6 Å². The van der Waals surface area contributed by atoms with Crippen LogP contribution in [0, 0.1) is 11.3 Å². The van der Waals surface area contributed by atoms with Crippen molar-refractivity contribution in [1.29, 1.82) is 0 Å². The zero-order valence-corrected chi connectivity index (χ0v) is 16.2. The van der Waals surface area contributed by atoms with Crippen LogP contribution in [0.4, 0.5) is 5.82 Å². The standard InChI is InChI=1S/C20H32ClN3/c1-4-20(3,5-2)16-6-8-18(14-16)23-10-12-24(13-11-23)19-9-7-17(21)15-22-19/h7,9,15-16,18H,4-6,8,10-14H2,1-3H3/t16?,18-/m1/s1. The highest BCUT2D eigenvalue weighted by molar-refractivity contribution is 6.30. The van der Waals surface area contributed by atoms with E-state index in [1.807, 2.05) is 12.1 Å². The number of hydrogen-bond acceptors (Lipinski definition) is 3. The van der Waals surface area contributed by atoms with E-state index < -0.39 is 0 Å². The number of hydrogen-bond donors (Lipinski definition) is 0. The lowest BCUT2D eigenvalue weighted by Gasteiger charge is -2.39. The Labute approximate surface area is 152 Å². The number of rotatable bonds is 5. The lowest BCUT2D eigenvalue weighted by atomic mass is 9.72. The first kappa shape index (κ1) is 18.0. The van der Waals surface area contributed by atoms with E-state index in [4.69, 9.17) is 11.6 Å². The number of anilines is 1. The van der Waals surface area contributed by atoms with Gasteiger partial charge in [-0.2, -0.15) is 0 Å². The van der Waals surface area contributed by atoms with Crippen molar-refractivity contribution in [2.45, 2.75) is 58.9 Å². The molecule has 1 saturated heterocycles. The SMILES string of the molecule is CCC(C)(CC)C1CC[C@@H](N2CCN(c3ccc(Cl)cn3)CC2)C1. The molecule has 2 aliphatic rings. The summed E-state index contributed by atoms with van der Waals surface area (Å²) in [7, 11) is 0. The number of nitrogens with zero attached hydrogens (tertiary/aromatic N) is 3. The van der Waals surface area contributed by atoms with Crippen molar-refractivity contribution < 1.29 is 0 Å². The van der Waals surface area contributed by atoms with E-state index in [0.29, 0.717) is 10.4 Å². The van der Waals surface area contributed by atoms with Gasteiger partial charge in [-0.3, -0.25) is 4.90 Å². The molecule has 2 atom stereocenters. The fourth-order valence-electron chi connectivity index (χ4n) is 4.62. The Kier molecular flexibility index (Phi) is 5.71. The third-order valence-electron chi connectivity index (χ3n) is 6.87. The fourth-order valence-corrected chi connectivity index (χ4v) is 4.73. The van der Waals surface area contributed by atoms with Crippen molar-refractivity contribution >= 4 is 17.4 Å². The van der Waals surface area contributed by atoms with Crippen LogP contribution in [0.1, 0.15) is 52.9 Å². The highest BCUT2D eigenvalue weighted by atomic mass is 35.5. The van der Waals surface area contributed by atoms with Gasteiger partial charge in [-0.1, -0.05) is 45.2 Å². The molecule has 0 bridgehead atoms. The van der Waals surface area contributed by atoms with Gasteiger partial charge in [0.25, 0.3) is 0 Å². The van der Waals surface area contributed by atoms with E-state index in [-0.39, 0.29) is 0 Å². The maximum Gasteiger partial charge on any atom is 0.128 e. The molecule has 1 aliphatic carbocycles. The second-order valence-electron chi connectivity index (χ2n) is 7.88. The molecule has 2 heterocycles. The van der Waals surface area contributed by atoms with Crippen LogP contribution in [-0.2, 0) is 0 Å². The minimum absolute atomic E-state index is 0.545. The van der Waals surface area contributed by atoms with Gasteiger partial charge in [-0.15, -0.1) is 0 Å². The Morgan fingerprint density at radius 2 is 1.83 bits per heavy atom. The molecular formula is C20H32ClN3. The topological polar surface area (TPSA) is 19.4 Å². The molecule has 24 heavy (non-hydrogen) atoms. The molecule has 2 fully saturated rings. The molecule has 3 rings (SSSR count). The van der Waals surface area contributed by atoms with E-state index in [9.17, 15) is 0 Å². The van der Waals surface area contributed by atoms with Gasteiger partial charge in [0.05, 0.1) is 5.02 Å². The minimum atomic E-state index is 0.545. The number of aromatic nitrogens is 1.